The summed E-state index contributed by atoms with van der Waals surface area (Å²) in [6.45, 7) is 8.90. The molecule has 1 atom stereocenters. The highest BCUT2D eigenvalue weighted by Crippen LogP contribution is 2.19. The molecule has 1 aromatic rings. The second-order valence-electron chi connectivity index (χ2n) is 5.38. The van der Waals surface area contributed by atoms with Crippen LogP contribution in [0, 0.1) is 12.8 Å². The van der Waals surface area contributed by atoms with Crippen molar-refractivity contribution in [1.29, 1.82) is 0 Å². The first-order valence-corrected chi connectivity index (χ1v) is 6.84. The number of hydrogen-bond acceptors (Lipinski definition) is 4. The van der Waals surface area contributed by atoms with E-state index in [9.17, 15) is 0 Å². The van der Waals surface area contributed by atoms with Gasteiger partial charge >= 0.3 is 0 Å². The predicted octanol–water partition coefficient (Wildman–Crippen LogP) is 2.12. The van der Waals surface area contributed by atoms with Gasteiger partial charge in [-0.1, -0.05) is 6.92 Å². The van der Waals surface area contributed by atoms with E-state index in [1.165, 1.54) is 32.5 Å². The smallest absolute Gasteiger partial charge is 0.149 e. The molecule has 0 radical (unpaired) electrons. The van der Waals surface area contributed by atoms with Crippen LogP contribution in [0.25, 0.3) is 0 Å². The number of pyridine rings is 1. The zero-order chi connectivity index (χ0) is 13.0. The summed E-state index contributed by atoms with van der Waals surface area (Å²) in [7, 11) is 0. The van der Waals surface area contributed by atoms with Gasteiger partial charge in [0.15, 0.2) is 0 Å². The predicted molar refractivity (Wildman–Crippen MR) is 76.7 cm³/mol. The van der Waals surface area contributed by atoms with Crippen molar-refractivity contribution in [3.63, 3.8) is 0 Å². The maximum Gasteiger partial charge on any atom is 0.149 e. The molecule has 0 bridgehead atoms. The van der Waals surface area contributed by atoms with E-state index in [2.05, 4.69) is 22.1 Å². The van der Waals surface area contributed by atoms with Crippen molar-refractivity contribution in [3.8, 4) is 0 Å². The maximum absolute atomic E-state index is 6.00. The number of nitrogens with two attached hydrogens (primary N) is 1. The van der Waals surface area contributed by atoms with E-state index in [1.54, 1.807) is 6.20 Å². The molecular formula is C14H24N4. The summed E-state index contributed by atoms with van der Waals surface area (Å²) < 4.78 is 0. The molecule has 0 saturated carbocycles. The van der Waals surface area contributed by atoms with Crippen molar-refractivity contribution in [2.24, 2.45) is 5.92 Å². The highest BCUT2D eigenvalue weighted by atomic mass is 15.1. The normalized spacial score (nSPS) is 17.9. The van der Waals surface area contributed by atoms with Crippen LogP contribution in [-0.2, 0) is 0 Å². The number of likely N-dealkylation sites (tertiary alicyclic amines) is 1. The summed E-state index contributed by atoms with van der Waals surface area (Å²) in [5.41, 5.74) is 7.85. The summed E-state index contributed by atoms with van der Waals surface area (Å²) in [5, 5.41) is 3.36. The maximum atomic E-state index is 6.00. The summed E-state index contributed by atoms with van der Waals surface area (Å²) in [4.78, 5) is 6.83. The highest BCUT2D eigenvalue weighted by molar-refractivity contribution is 5.64. The van der Waals surface area contributed by atoms with E-state index < -0.39 is 0 Å². The first-order valence-electron chi connectivity index (χ1n) is 6.84. The molecule has 1 aromatic heterocycles. The topological polar surface area (TPSA) is 54.2 Å². The van der Waals surface area contributed by atoms with Gasteiger partial charge < -0.3 is 16.0 Å². The Kier molecular flexibility index (Phi) is 4.42. The summed E-state index contributed by atoms with van der Waals surface area (Å²) in [6, 6.07) is 1.94. The number of anilines is 2. The van der Waals surface area contributed by atoms with E-state index in [0.29, 0.717) is 5.92 Å². The third-order valence-electron chi connectivity index (χ3n) is 3.59. The standard InChI is InChI=1S/C14H24N4/c1-11(10-18-7-3-4-8-18)9-17-14-13(15)12(2)5-6-16-14/h5-6,11H,3-4,7-10,15H2,1-2H3,(H,16,17). The summed E-state index contributed by atoms with van der Waals surface area (Å²) in [6.07, 6.45) is 4.51. The van der Waals surface area contributed by atoms with Gasteiger partial charge in [-0.3, -0.25) is 0 Å². The Morgan fingerprint density at radius 1 is 1.44 bits per heavy atom. The molecule has 0 aliphatic carbocycles. The molecule has 0 aromatic carbocycles. The van der Waals surface area contributed by atoms with Crippen molar-refractivity contribution in [1.82, 2.24) is 9.88 Å². The molecule has 4 heteroatoms. The van der Waals surface area contributed by atoms with E-state index >= 15 is 0 Å². The van der Waals surface area contributed by atoms with Gasteiger partial charge in [0.2, 0.25) is 0 Å². The quantitative estimate of drug-likeness (QED) is 0.838. The van der Waals surface area contributed by atoms with Crippen LogP contribution in [0.3, 0.4) is 0 Å². The van der Waals surface area contributed by atoms with E-state index in [-0.39, 0.29) is 0 Å². The van der Waals surface area contributed by atoms with Crippen LogP contribution in [0.5, 0.6) is 0 Å². The molecule has 2 heterocycles. The fraction of sp³-hybridized carbons (Fsp3) is 0.643. The van der Waals surface area contributed by atoms with Crippen LogP contribution in [-0.4, -0.2) is 36.1 Å². The fourth-order valence-corrected chi connectivity index (χ4v) is 2.45. The van der Waals surface area contributed by atoms with E-state index in [4.69, 9.17) is 5.73 Å². The minimum absolute atomic E-state index is 0.616. The van der Waals surface area contributed by atoms with Crippen LogP contribution in [0.4, 0.5) is 11.5 Å². The van der Waals surface area contributed by atoms with Gasteiger partial charge in [-0.15, -0.1) is 0 Å². The van der Waals surface area contributed by atoms with Gasteiger partial charge in [0.05, 0.1) is 5.69 Å². The molecular weight excluding hydrogens is 224 g/mol. The Hall–Kier alpha value is -1.29. The van der Waals surface area contributed by atoms with Gasteiger partial charge in [-0.25, -0.2) is 4.98 Å². The largest absolute Gasteiger partial charge is 0.396 e. The number of nitrogen functional groups attached to an aromatic ring is 1. The SMILES string of the molecule is Cc1ccnc(NCC(C)CN2CCCC2)c1N. The molecule has 2 rings (SSSR count). The third kappa shape index (κ3) is 3.35. The molecule has 0 amide bonds. The fourth-order valence-electron chi connectivity index (χ4n) is 2.45. The second-order valence-corrected chi connectivity index (χ2v) is 5.38. The molecule has 1 aliphatic heterocycles. The first-order chi connectivity index (χ1) is 8.66. The Labute approximate surface area is 110 Å². The lowest BCUT2D eigenvalue weighted by molar-refractivity contribution is 0.294. The first kappa shape index (κ1) is 13.1. The van der Waals surface area contributed by atoms with Gasteiger partial charge in [-0.2, -0.15) is 0 Å². The van der Waals surface area contributed by atoms with Crippen molar-refractivity contribution in [2.75, 3.05) is 37.2 Å². The van der Waals surface area contributed by atoms with Gasteiger partial charge in [0, 0.05) is 19.3 Å². The lowest BCUT2D eigenvalue weighted by Crippen LogP contribution is -2.29. The van der Waals surface area contributed by atoms with Gasteiger partial charge in [-0.05, 0) is 50.4 Å². The van der Waals surface area contributed by atoms with Crippen molar-refractivity contribution in [3.05, 3.63) is 17.8 Å². The molecule has 1 saturated heterocycles. The molecule has 4 nitrogen and oxygen atoms in total. The average molecular weight is 248 g/mol. The zero-order valence-corrected chi connectivity index (χ0v) is 11.4. The monoisotopic (exact) mass is 248 g/mol. The number of nitrogens with one attached hydrogen (secondary N) is 1. The number of rotatable bonds is 5. The Morgan fingerprint density at radius 3 is 2.89 bits per heavy atom. The van der Waals surface area contributed by atoms with Crippen LogP contribution in [0.2, 0.25) is 0 Å². The molecule has 3 N–H and O–H groups in total. The van der Waals surface area contributed by atoms with E-state index in [0.717, 1.165) is 23.6 Å². The number of hydrogen-bond donors (Lipinski definition) is 2. The van der Waals surface area contributed by atoms with E-state index in [1.807, 2.05) is 13.0 Å². The summed E-state index contributed by atoms with van der Waals surface area (Å²) in [5.74, 6) is 1.44. The number of nitrogens with zero attached hydrogens (tertiary/aromatic N) is 2. The Bertz CT molecular complexity index is 385. The number of aryl methyl sites for hydroxylation is 1. The third-order valence-corrected chi connectivity index (χ3v) is 3.59. The van der Waals surface area contributed by atoms with Crippen LogP contribution >= 0.6 is 0 Å². The molecule has 1 aliphatic rings. The van der Waals surface area contributed by atoms with Gasteiger partial charge in [0.25, 0.3) is 0 Å². The molecule has 1 unspecified atom stereocenters. The summed E-state index contributed by atoms with van der Waals surface area (Å²) >= 11 is 0. The lowest BCUT2D eigenvalue weighted by atomic mass is 10.1. The number of aromatic nitrogens is 1. The van der Waals surface area contributed by atoms with Crippen LogP contribution in [0.15, 0.2) is 12.3 Å². The minimum Gasteiger partial charge on any atom is -0.396 e. The molecule has 18 heavy (non-hydrogen) atoms. The van der Waals surface area contributed by atoms with Crippen molar-refractivity contribution < 1.29 is 0 Å². The average Bonchev–Trinajstić information content (AvgIpc) is 2.84. The highest BCUT2D eigenvalue weighted by Gasteiger charge is 2.14. The Balaban J connectivity index is 1.81. The minimum atomic E-state index is 0.616. The van der Waals surface area contributed by atoms with Crippen molar-refractivity contribution >= 4 is 11.5 Å². The molecule has 1 fully saturated rings. The lowest BCUT2D eigenvalue weighted by Gasteiger charge is -2.21. The molecule has 100 valence electrons. The van der Waals surface area contributed by atoms with Crippen LogP contribution < -0.4 is 11.1 Å². The molecule has 0 spiro atoms. The van der Waals surface area contributed by atoms with Crippen molar-refractivity contribution in [2.45, 2.75) is 26.7 Å². The Morgan fingerprint density at radius 2 is 2.17 bits per heavy atom. The van der Waals surface area contributed by atoms with Gasteiger partial charge in [0.1, 0.15) is 5.82 Å². The van der Waals surface area contributed by atoms with Crippen LogP contribution in [0.1, 0.15) is 25.3 Å². The second kappa shape index (κ2) is 6.05. The zero-order valence-electron chi connectivity index (χ0n) is 11.4.